The van der Waals surface area contributed by atoms with Crippen molar-refractivity contribution in [2.24, 2.45) is 0 Å². The molecule has 0 fully saturated rings. The lowest BCUT2D eigenvalue weighted by molar-refractivity contribution is 0.579. The predicted octanol–water partition coefficient (Wildman–Crippen LogP) is 2.90. The van der Waals surface area contributed by atoms with Crippen LogP contribution in [0.1, 0.15) is 17.1 Å². The fourth-order valence-electron chi connectivity index (χ4n) is 2.68. The molecule has 2 aromatic carbocycles. The van der Waals surface area contributed by atoms with E-state index in [-0.39, 0.29) is 17.3 Å². The van der Waals surface area contributed by atoms with E-state index in [2.05, 4.69) is 9.71 Å². The molecule has 1 N–H and O–H groups in total. The average Bonchev–Trinajstić information content (AvgIpc) is 2.98. The third kappa shape index (κ3) is 4.36. The molecule has 0 aliphatic carbocycles. The van der Waals surface area contributed by atoms with Gasteiger partial charge < -0.3 is 4.57 Å². The van der Waals surface area contributed by atoms with Gasteiger partial charge in [0.15, 0.2) is 0 Å². The number of sulfonamides is 1. The van der Waals surface area contributed by atoms with Gasteiger partial charge in [-0.15, -0.1) is 0 Å². The summed E-state index contributed by atoms with van der Waals surface area (Å²) in [6.45, 7) is 2.75. The van der Waals surface area contributed by atoms with Crippen LogP contribution in [0, 0.1) is 12.7 Å². The second-order valence-corrected chi connectivity index (χ2v) is 7.76. The van der Waals surface area contributed by atoms with Crippen molar-refractivity contribution in [3.05, 3.63) is 83.7 Å². The Morgan fingerprint density at radius 3 is 2.46 bits per heavy atom. The Balaban J connectivity index is 1.67. The van der Waals surface area contributed by atoms with Crippen LogP contribution in [-0.2, 0) is 23.0 Å². The van der Waals surface area contributed by atoms with Gasteiger partial charge in [0, 0.05) is 31.4 Å². The molecular formula is C19H20FN3O2S. The summed E-state index contributed by atoms with van der Waals surface area (Å²) in [5.74, 6) is 0.509. The molecule has 1 aromatic heterocycles. The second-order valence-electron chi connectivity index (χ2n) is 5.99. The predicted molar refractivity (Wildman–Crippen MR) is 97.8 cm³/mol. The van der Waals surface area contributed by atoms with Gasteiger partial charge in [0.05, 0.1) is 4.90 Å². The Labute approximate surface area is 152 Å². The summed E-state index contributed by atoms with van der Waals surface area (Å²) in [6, 6.07) is 14.6. The fourth-order valence-corrected chi connectivity index (χ4v) is 3.73. The van der Waals surface area contributed by atoms with Crippen LogP contribution in [0.5, 0.6) is 0 Å². The van der Waals surface area contributed by atoms with Crippen LogP contribution in [0.4, 0.5) is 4.39 Å². The Bertz CT molecular complexity index is 968. The molecule has 3 rings (SSSR count). The summed E-state index contributed by atoms with van der Waals surface area (Å²) in [5.41, 5.74) is 1.92. The van der Waals surface area contributed by atoms with E-state index in [1.807, 2.05) is 11.5 Å². The zero-order chi connectivity index (χ0) is 18.6. The molecule has 26 heavy (non-hydrogen) atoms. The number of nitrogens with zero attached hydrogens (tertiary/aromatic N) is 2. The number of imidazole rings is 1. The largest absolute Gasteiger partial charge is 0.328 e. The first-order valence-electron chi connectivity index (χ1n) is 8.26. The van der Waals surface area contributed by atoms with E-state index in [0.29, 0.717) is 13.0 Å². The van der Waals surface area contributed by atoms with Crippen LogP contribution in [0.15, 0.2) is 65.7 Å². The molecule has 5 nitrogen and oxygen atoms in total. The highest BCUT2D eigenvalue weighted by Gasteiger charge is 2.14. The number of hydrogen-bond donors (Lipinski definition) is 1. The first-order valence-corrected chi connectivity index (χ1v) is 9.74. The summed E-state index contributed by atoms with van der Waals surface area (Å²) >= 11 is 0. The second kappa shape index (κ2) is 7.80. The lowest BCUT2D eigenvalue weighted by atomic mass is 10.2. The minimum absolute atomic E-state index is 0.242. The molecule has 1 heterocycles. The van der Waals surface area contributed by atoms with E-state index in [9.17, 15) is 12.8 Å². The van der Waals surface area contributed by atoms with Crippen LogP contribution in [0.3, 0.4) is 0 Å². The van der Waals surface area contributed by atoms with Gasteiger partial charge in [-0.1, -0.05) is 30.3 Å². The van der Waals surface area contributed by atoms with Gasteiger partial charge in [0.25, 0.3) is 0 Å². The minimum Gasteiger partial charge on any atom is -0.328 e. The molecule has 0 unspecified atom stereocenters. The molecule has 0 bridgehead atoms. The van der Waals surface area contributed by atoms with E-state index < -0.39 is 10.0 Å². The number of halogens is 1. The quantitative estimate of drug-likeness (QED) is 0.693. The molecular weight excluding hydrogens is 353 g/mol. The molecule has 0 amide bonds. The molecule has 0 atom stereocenters. The number of hydrogen-bond acceptors (Lipinski definition) is 3. The third-order valence-electron chi connectivity index (χ3n) is 4.09. The van der Waals surface area contributed by atoms with Crippen molar-refractivity contribution in [1.82, 2.24) is 14.3 Å². The molecule has 0 aliphatic heterocycles. The van der Waals surface area contributed by atoms with E-state index in [4.69, 9.17) is 0 Å². The highest BCUT2D eigenvalue weighted by Crippen LogP contribution is 2.12. The van der Waals surface area contributed by atoms with Crippen molar-refractivity contribution < 1.29 is 12.8 Å². The van der Waals surface area contributed by atoms with Crippen molar-refractivity contribution >= 4 is 10.0 Å². The van der Waals surface area contributed by atoms with Gasteiger partial charge in [-0.2, -0.15) is 0 Å². The van der Waals surface area contributed by atoms with Crippen LogP contribution in [-0.4, -0.2) is 24.5 Å². The third-order valence-corrected chi connectivity index (χ3v) is 5.56. The van der Waals surface area contributed by atoms with Crippen molar-refractivity contribution in [3.8, 4) is 0 Å². The molecule has 7 heteroatoms. The van der Waals surface area contributed by atoms with E-state index in [1.54, 1.807) is 48.7 Å². The summed E-state index contributed by atoms with van der Waals surface area (Å²) in [7, 11) is -3.53. The maximum Gasteiger partial charge on any atom is 0.240 e. The smallest absolute Gasteiger partial charge is 0.240 e. The SMILES string of the molecule is Cc1cnc(CCNS(=O)(=O)c2ccccc2)n1Cc1ccc(F)cc1. The topological polar surface area (TPSA) is 64.0 Å². The van der Waals surface area contributed by atoms with Crippen LogP contribution < -0.4 is 4.72 Å². The van der Waals surface area contributed by atoms with Gasteiger partial charge in [0.2, 0.25) is 10.0 Å². The van der Waals surface area contributed by atoms with Crippen LogP contribution in [0.25, 0.3) is 0 Å². The van der Waals surface area contributed by atoms with Crippen LogP contribution in [0.2, 0.25) is 0 Å². The highest BCUT2D eigenvalue weighted by molar-refractivity contribution is 7.89. The Hall–Kier alpha value is -2.51. The summed E-state index contributed by atoms with van der Waals surface area (Å²) in [4.78, 5) is 4.62. The van der Waals surface area contributed by atoms with Crippen molar-refractivity contribution in [2.45, 2.75) is 24.8 Å². The Kier molecular flexibility index (Phi) is 5.49. The maximum absolute atomic E-state index is 13.1. The molecule has 0 spiro atoms. The molecule has 3 aromatic rings. The molecule has 0 saturated carbocycles. The summed E-state index contributed by atoms with van der Waals surface area (Å²) < 4.78 is 42.2. The summed E-state index contributed by atoms with van der Waals surface area (Å²) in [5, 5.41) is 0. The first kappa shape index (κ1) is 18.3. The normalized spacial score (nSPS) is 11.6. The summed E-state index contributed by atoms with van der Waals surface area (Å²) in [6.07, 6.45) is 2.21. The van der Waals surface area contributed by atoms with Crippen molar-refractivity contribution in [1.29, 1.82) is 0 Å². The zero-order valence-electron chi connectivity index (χ0n) is 14.4. The standard InChI is InChI=1S/C19H20FN3O2S/c1-15-13-21-19(23(15)14-16-7-9-17(20)10-8-16)11-12-22-26(24,25)18-5-3-2-4-6-18/h2-10,13,22H,11-12,14H2,1H3. The number of rotatable bonds is 7. The van der Waals surface area contributed by atoms with Crippen LogP contribution >= 0.6 is 0 Å². The molecule has 0 aliphatic rings. The monoisotopic (exact) mass is 373 g/mol. The Morgan fingerprint density at radius 1 is 1.08 bits per heavy atom. The number of nitrogens with one attached hydrogen (secondary N) is 1. The van der Waals surface area contributed by atoms with Gasteiger partial charge in [-0.05, 0) is 36.8 Å². The first-order chi connectivity index (χ1) is 12.5. The fraction of sp³-hybridized carbons (Fsp3) is 0.211. The van der Waals surface area contributed by atoms with Gasteiger partial charge in [0.1, 0.15) is 11.6 Å². The zero-order valence-corrected chi connectivity index (χ0v) is 15.2. The molecule has 136 valence electrons. The van der Waals surface area contributed by atoms with Gasteiger partial charge in [-0.25, -0.2) is 22.5 Å². The minimum atomic E-state index is -3.53. The van der Waals surface area contributed by atoms with E-state index in [0.717, 1.165) is 17.1 Å². The molecule has 0 radical (unpaired) electrons. The lowest BCUT2D eigenvalue weighted by Crippen LogP contribution is -2.26. The van der Waals surface area contributed by atoms with E-state index >= 15 is 0 Å². The molecule has 0 saturated heterocycles. The van der Waals surface area contributed by atoms with Gasteiger partial charge in [-0.3, -0.25) is 0 Å². The average molecular weight is 373 g/mol. The number of benzene rings is 2. The lowest BCUT2D eigenvalue weighted by Gasteiger charge is -2.11. The number of aryl methyl sites for hydroxylation is 1. The number of aromatic nitrogens is 2. The Morgan fingerprint density at radius 2 is 1.77 bits per heavy atom. The van der Waals surface area contributed by atoms with E-state index in [1.165, 1.54) is 12.1 Å². The van der Waals surface area contributed by atoms with Crippen molar-refractivity contribution in [2.75, 3.05) is 6.54 Å². The maximum atomic E-state index is 13.1. The highest BCUT2D eigenvalue weighted by atomic mass is 32.2. The van der Waals surface area contributed by atoms with Gasteiger partial charge >= 0.3 is 0 Å². The van der Waals surface area contributed by atoms with Crippen molar-refractivity contribution in [3.63, 3.8) is 0 Å².